The number of nitrogens with two attached hydrogens (primary N) is 1. The van der Waals surface area contributed by atoms with Crippen molar-refractivity contribution in [1.29, 1.82) is 0 Å². The number of rotatable bonds is 6. The van der Waals surface area contributed by atoms with Gasteiger partial charge in [0.2, 0.25) is 11.8 Å². The normalized spacial score (nSPS) is 11.7. The molecule has 0 aliphatic carbocycles. The van der Waals surface area contributed by atoms with E-state index in [0.717, 1.165) is 11.8 Å². The van der Waals surface area contributed by atoms with Gasteiger partial charge in [0.1, 0.15) is 6.04 Å². The Balaban J connectivity index is 3.71. The Bertz CT molecular complexity index is 271. The van der Waals surface area contributed by atoms with Crippen molar-refractivity contribution < 1.29 is 14.4 Å². The van der Waals surface area contributed by atoms with Gasteiger partial charge in [0, 0.05) is 19.2 Å². The molecule has 0 saturated carbocycles. The van der Waals surface area contributed by atoms with Crippen molar-refractivity contribution in [3.63, 3.8) is 0 Å². The highest BCUT2D eigenvalue weighted by Gasteiger charge is 2.13. The lowest BCUT2D eigenvalue weighted by molar-refractivity contribution is -0.127. The molecule has 0 aliphatic heterocycles. The van der Waals surface area contributed by atoms with Crippen molar-refractivity contribution in [2.75, 3.05) is 18.8 Å². The summed E-state index contributed by atoms with van der Waals surface area (Å²) in [7, 11) is 0. The van der Waals surface area contributed by atoms with Crippen LogP contribution in [0.4, 0.5) is 0 Å². The zero-order chi connectivity index (χ0) is 12.6. The minimum Gasteiger partial charge on any atom is -0.353 e. The van der Waals surface area contributed by atoms with Crippen LogP contribution in [0.3, 0.4) is 0 Å². The second kappa shape index (κ2) is 8.12. The lowest BCUT2D eigenvalue weighted by Crippen LogP contribution is -2.47. The molecule has 0 unspecified atom stereocenters. The maximum Gasteiger partial charge on any atom is 0.242 e. The predicted molar refractivity (Wildman–Crippen MR) is 62.8 cm³/mol. The minimum atomic E-state index is -0.613. The number of carbonyl (C=O) groups is 3. The largest absolute Gasteiger partial charge is 0.353 e. The van der Waals surface area contributed by atoms with Gasteiger partial charge in [0.05, 0.1) is 6.54 Å². The van der Waals surface area contributed by atoms with Crippen LogP contribution in [-0.2, 0) is 14.4 Å². The monoisotopic (exact) mass is 247 g/mol. The van der Waals surface area contributed by atoms with Gasteiger partial charge < -0.3 is 16.4 Å². The van der Waals surface area contributed by atoms with Gasteiger partial charge >= 0.3 is 0 Å². The number of hydrogen-bond acceptors (Lipinski definition) is 5. The summed E-state index contributed by atoms with van der Waals surface area (Å²) in [6, 6.07) is -0.613. The third-order valence-electron chi connectivity index (χ3n) is 1.66. The molecule has 0 fully saturated rings. The maximum absolute atomic E-state index is 11.4. The summed E-state index contributed by atoms with van der Waals surface area (Å²) < 4.78 is 0. The second-order valence-corrected chi connectivity index (χ2v) is 4.40. The molecule has 1 atom stereocenters. The lowest BCUT2D eigenvalue weighted by Gasteiger charge is -2.12. The topological polar surface area (TPSA) is 101 Å². The highest BCUT2D eigenvalue weighted by atomic mass is 32.2. The molecule has 0 aromatic heterocycles. The smallest absolute Gasteiger partial charge is 0.242 e. The van der Waals surface area contributed by atoms with E-state index >= 15 is 0 Å². The average Bonchev–Trinajstić information content (AvgIpc) is 2.23. The van der Waals surface area contributed by atoms with E-state index in [0.29, 0.717) is 12.3 Å². The van der Waals surface area contributed by atoms with Crippen LogP contribution in [0.25, 0.3) is 0 Å². The summed E-state index contributed by atoms with van der Waals surface area (Å²) in [6.07, 6.45) is 0. The van der Waals surface area contributed by atoms with E-state index in [1.807, 2.05) is 0 Å². The van der Waals surface area contributed by atoms with Gasteiger partial charge in [-0.2, -0.15) is 0 Å². The van der Waals surface area contributed by atoms with Crippen LogP contribution in [-0.4, -0.2) is 41.8 Å². The highest BCUT2D eigenvalue weighted by Crippen LogP contribution is 1.98. The fourth-order valence-electron chi connectivity index (χ4n) is 0.888. The maximum atomic E-state index is 11.4. The van der Waals surface area contributed by atoms with E-state index in [1.165, 1.54) is 6.92 Å². The first-order chi connectivity index (χ1) is 7.47. The zero-order valence-electron chi connectivity index (χ0n) is 9.41. The first-order valence-electron chi connectivity index (χ1n) is 4.88. The standard InChI is InChI=1S/C9H17N3O3S/c1-6(12-8(14)5-10)9(15)11-3-4-16-7(2)13/h6H,3-5,10H2,1-2H3,(H,11,15)(H,12,14)/t6-/m0/s1. The molecule has 0 aliphatic rings. The van der Waals surface area contributed by atoms with Crippen molar-refractivity contribution in [2.45, 2.75) is 19.9 Å². The summed E-state index contributed by atoms with van der Waals surface area (Å²) in [5.74, 6) is -0.134. The molecule has 0 spiro atoms. The van der Waals surface area contributed by atoms with Crippen LogP contribution >= 0.6 is 11.8 Å². The number of thioether (sulfide) groups is 1. The van der Waals surface area contributed by atoms with Crippen LogP contribution in [0.15, 0.2) is 0 Å². The van der Waals surface area contributed by atoms with Gasteiger partial charge in [0.25, 0.3) is 0 Å². The van der Waals surface area contributed by atoms with Crippen LogP contribution in [0.2, 0.25) is 0 Å². The third kappa shape index (κ3) is 7.24. The number of carbonyl (C=O) groups excluding carboxylic acids is 3. The van der Waals surface area contributed by atoms with E-state index in [2.05, 4.69) is 10.6 Å². The van der Waals surface area contributed by atoms with Crippen molar-refractivity contribution in [3.05, 3.63) is 0 Å². The summed E-state index contributed by atoms with van der Waals surface area (Å²) in [5.41, 5.74) is 5.09. The summed E-state index contributed by atoms with van der Waals surface area (Å²) in [4.78, 5) is 32.8. The first-order valence-corrected chi connectivity index (χ1v) is 5.86. The lowest BCUT2D eigenvalue weighted by atomic mass is 10.3. The molecule has 0 bridgehead atoms. The fraction of sp³-hybridized carbons (Fsp3) is 0.667. The molecule has 6 nitrogen and oxygen atoms in total. The van der Waals surface area contributed by atoms with Crippen LogP contribution in [0.1, 0.15) is 13.8 Å². The van der Waals surface area contributed by atoms with Crippen LogP contribution in [0.5, 0.6) is 0 Å². The Labute approximate surface area is 98.7 Å². The molecule has 16 heavy (non-hydrogen) atoms. The fourth-order valence-corrected chi connectivity index (χ4v) is 1.38. The minimum absolute atomic E-state index is 0.0127. The van der Waals surface area contributed by atoms with Gasteiger partial charge in [-0.05, 0) is 6.92 Å². The van der Waals surface area contributed by atoms with E-state index in [1.54, 1.807) is 6.92 Å². The molecular weight excluding hydrogens is 230 g/mol. The SMILES string of the molecule is CC(=O)SCCNC(=O)[C@H](C)NC(=O)CN. The second-order valence-electron chi connectivity index (χ2n) is 3.12. The first kappa shape index (κ1) is 14.9. The molecule has 0 radical (unpaired) electrons. The Morgan fingerprint density at radius 2 is 2.00 bits per heavy atom. The molecule has 92 valence electrons. The zero-order valence-corrected chi connectivity index (χ0v) is 10.2. The molecule has 0 aromatic carbocycles. The van der Waals surface area contributed by atoms with E-state index < -0.39 is 6.04 Å². The highest BCUT2D eigenvalue weighted by molar-refractivity contribution is 8.13. The molecular formula is C9H17N3O3S. The number of amides is 2. The Morgan fingerprint density at radius 1 is 1.38 bits per heavy atom. The Morgan fingerprint density at radius 3 is 2.50 bits per heavy atom. The average molecular weight is 247 g/mol. The van der Waals surface area contributed by atoms with E-state index in [9.17, 15) is 14.4 Å². The van der Waals surface area contributed by atoms with Crippen LogP contribution < -0.4 is 16.4 Å². The van der Waals surface area contributed by atoms with Gasteiger partial charge in [0.15, 0.2) is 5.12 Å². The molecule has 7 heteroatoms. The predicted octanol–water partition coefficient (Wildman–Crippen LogP) is -1.15. The van der Waals surface area contributed by atoms with Gasteiger partial charge in [-0.1, -0.05) is 11.8 Å². The van der Waals surface area contributed by atoms with Gasteiger partial charge in [-0.3, -0.25) is 14.4 Å². The molecule has 0 heterocycles. The van der Waals surface area contributed by atoms with Crippen molar-refractivity contribution in [1.82, 2.24) is 10.6 Å². The molecule has 0 saturated heterocycles. The van der Waals surface area contributed by atoms with E-state index in [-0.39, 0.29) is 23.5 Å². The van der Waals surface area contributed by atoms with E-state index in [4.69, 9.17) is 5.73 Å². The van der Waals surface area contributed by atoms with Crippen LogP contribution in [0, 0.1) is 0 Å². The molecule has 2 amide bonds. The quantitative estimate of drug-likeness (QED) is 0.514. The molecule has 4 N–H and O–H groups in total. The van der Waals surface area contributed by atoms with Gasteiger partial charge in [-0.25, -0.2) is 0 Å². The molecule has 0 rings (SSSR count). The summed E-state index contributed by atoms with van der Waals surface area (Å²) >= 11 is 1.14. The van der Waals surface area contributed by atoms with Crippen molar-refractivity contribution in [3.8, 4) is 0 Å². The third-order valence-corrected chi connectivity index (χ3v) is 2.48. The number of nitrogens with one attached hydrogen (secondary N) is 2. The van der Waals surface area contributed by atoms with Crippen molar-refractivity contribution in [2.24, 2.45) is 5.73 Å². The summed E-state index contributed by atoms with van der Waals surface area (Å²) in [6.45, 7) is 3.29. The molecule has 0 aromatic rings. The van der Waals surface area contributed by atoms with Crippen molar-refractivity contribution >= 4 is 28.7 Å². The number of hydrogen-bond donors (Lipinski definition) is 3. The van der Waals surface area contributed by atoms with Gasteiger partial charge in [-0.15, -0.1) is 0 Å². The Kier molecular flexibility index (Phi) is 7.57. The Hall–Kier alpha value is -1.08. The summed E-state index contributed by atoms with van der Waals surface area (Å²) in [5, 5.41) is 5.04.